The number of methoxy groups -OCH3 is 1. The van der Waals surface area contributed by atoms with Crippen LogP contribution in [0.15, 0.2) is 24.3 Å². The molecule has 17 heteroatoms. The minimum Gasteiger partial charge on any atom is -0.462 e. The van der Waals surface area contributed by atoms with E-state index in [4.69, 9.17) is 42.6 Å². The van der Waals surface area contributed by atoms with Crippen molar-refractivity contribution in [1.82, 2.24) is 9.80 Å². The van der Waals surface area contributed by atoms with Gasteiger partial charge in [-0.1, -0.05) is 31.2 Å². The van der Waals surface area contributed by atoms with Crippen molar-refractivity contribution < 1.29 is 72.3 Å². The first-order chi connectivity index (χ1) is 29.2. The minimum atomic E-state index is -1.50. The molecule has 3 saturated heterocycles. The number of rotatable bonds is 12. The Morgan fingerprint density at radius 1 is 0.887 bits per heavy atom. The van der Waals surface area contributed by atoms with E-state index >= 15 is 0 Å². The van der Waals surface area contributed by atoms with Crippen LogP contribution in [-0.2, 0) is 57.0 Å². The normalized spacial score (nSPS) is 44.0. The third kappa shape index (κ3) is 14.1. The number of cyclic esters (lactones) is 1. The maximum Gasteiger partial charge on any atom is 0.308 e. The SMILES string of the molecule is CO[C@@H]1[C@@H](O[C@@H]2O[C@H](C)[C@@H](O[C@H]3C[C@@](C)(O)[C@@H](O)[C@H](C)O3)[C@H](N(C)C)[C@H]2OC(C)=O)[C@@H](CC=O)C[C@@H](C)[C@@H](OC2CC[C@H](N(C)C)[C@@H](C)O2)/C=C/C=C/C[C@@H](C)OC(=O)C[C@H]1O. The van der Waals surface area contributed by atoms with E-state index in [9.17, 15) is 29.7 Å². The summed E-state index contributed by atoms with van der Waals surface area (Å²) in [6.45, 7) is 12.0. The average Bonchev–Trinajstić information content (AvgIpc) is 3.16. The number of likely N-dealkylation sites (N-methyl/N-ethyl adjacent to an activating group) is 2. The average molecular weight is 885 g/mol. The van der Waals surface area contributed by atoms with Gasteiger partial charge in [0.15, 0.2) is 25.0 Å². The van der Waals surface area contributed by atoms with Crippen molar-refractivity contribution in [3.05, 3.63) is 24.3 Å². The van der Waals surface area contributed by atoms with Gasteiger partial charge in [-0.15, -0.1) is 0 Å². The lowest BCUT2D eigenvalue weighted by Crippen LogP contribution is -2.66. The monoisotopic (exact) mass is 885 g/mol. The summed E-state index contributed by atoms with van der Waals surface area (Å²) in [4.78, 5) is 42.6. The lowest BCUT2D eigenvalue weighted by atomic mass is 9.82. The van der Waals surface area contributed by atoms with Gasteiger partial charge in [-0.2, -0.15) is 0 Å². The molecule has 4 rings (SSSR count). The topological polar surface area (TPSA) is 201 Å². The summed E-state index contributed by atoms with van der Waals surface area (Å²) >= 11 is 0. The number of aliphatic hydroxyl groups is 3. The molecule has 0 aromatic carbocycles. The van der Waals surface area contributed by atoms with Gasteiger partial charge in [-0.05, 0) is 93.9 Å². The molecule has 356 valence electrons. The summed E-state index contributed by atoms with van der Waals surface area (Å²) in [5, 5.41) is 33.3. The zero-order chi connectivity index (χ0) is 46.1. The molecule has 0 aromatic heterocycles. The van der Waals surface area contributed by atoms with Crippen LogP contribution in [0.4, 0.5) is 0 Å². The van der Waals surface area contributed by atoms with Crippen molar-refractivity contribution in [3.8, 4) is 0 Å². The molecule has 0 aliphatic carbocycles. The summed E-state index contributed by atoms with van der Waals surface area (Å²) in [5.74, 6) is -2.18. The van der Waals surface area contributed by atoms with Crippen molar-refractivity contribution in [3.63, 3.8) is 0 Å². The predicted molar refractivity (Wildman–Crippen MR) is 226 cm³/mol. The van der Waals surface area contributed by atoms with E-state index in [2.05, 4.69) is 4.90 Å². The van der Waals surface area contributed by atoms with E-state index in [0.29, 0.717) is 19.3 Å². The molecule has 0 aromatic rings. The zero-order valence-electron chi connectivity index (χ0n) is 38.9. The van der Waals surface area contributed by atoms with Crippen molar-refractivity contribution >= 4 is 18.2 Å². The largest absolute Gasteiger partial charge is 0.462 e. The van der Waals surface area contributed by atoms with Gasteiger partial charge in [0.05, 0.1) is 54.7 Å². The van der Waals surface area contributed by atoms with Crippen LogP contribution in [0.3, 0.4) is 0 Å². The highest BCUT2D eigenvalue weighted by atomic mass is 16.7. The smallest absolute Gasteiger partial charge is 0.308 e. The van der Waals surface area contributed by atoms with Crippen molar-refractivity contribution in [2.24, 2.45) is 11.8 Å². The number of hydrogen-bond acceptors (Lipinski definition) is 17. The Kier molecular flexibility index (Phi) is 20.0. The molecule has 0 bridgehead atoms. The Balaban J connectivity index is 1.73. The van der Waals surface area contributed by atoms with Crippen LogP contribution >= 0.6 is 0 Å². The molecule has 4 aliphatic heterocycles. The molecule has 4 aliphatic rings. The maximum absolute atomic E-state index is 13.2. The highest BCUT2D eigenvalue weighted by Crippen LogP contribution is 2.38. The fourth-order valence-electron chi connectivity index (χ4n) is 9.39. The Morgan fingerprint density at radius 3 is 2.18 bits per heavy atom. The van der Waals surface area contributed by atoms with Crippen LogP contribution in [0.1, 0.15) is 93.4 Å². The van der Waals surface area contributed by atoms with Crippen LogP contribution in [0.25, 0.3) is 0 Å². The van der Waals surface area contributed by atoms with Crippen LogP contribution in [-0.4, -0.2) is 182 Å². The first-order valence-electron chi connectivity index (χ1n) is 22.2. The molecule has 0 amide bonds. The number of allylic oxidation sites excluding steroid dienone is 2. The number of carbonyl (C=O) groups is 3. The van der Waals surface area contributed by atoms with Gasteiger partial charge in [0, 0.05) is 39.3 Å². The van der Waals surface area contributed by atoms with Crippen LogP contribution < -0.4 is 0 Å². The predicted octanol–water partition coefficient (Wildman–Crippen LogP) is 2.90. The van der Waals surface area contributed by atoms with E-state index < -0.39 is 116 Å². The molecule has 0 saturated carbocycles. The highest BCUT2D eigenvalue weighted by Gasteiger charge is 2.53. The molecule has 17 nitrogen and oxygen atoms in total. The van der Waals surface area contributed by atoms with Gasteiger partial charge in [-0.3, -0.25) is 9.59 Å². The Labute approximate surface area is 368 Å². The van der Waals surface area contributed by atoms with Gasteiger partial charge >= 0.3 is 11.9 Å². The van der Waals surface area contributed by atoms with E-state index in [-0.39, 0.29) is 30.9 Å². The molecule has 4 heterocycles. The van der Waals surface area contributed by atoms with E-state index in [1.165, 1.54) is 21.0 Å². The number of hydrogen-bond donors (Lipinski definition) is 3. The first-order valence-corrected chi connectivity index (χ1v) is 22.2. The summed E-state index contributed by atoms with van der Waals surface area (Å²) < 4.78 is 56.6. The minimum absolute atomic E-state index is 0.0345. The summed E-state index contributed by atoms with van der Waals surface area (Å²) in [6.07, 6.45) is -1.89. The Morgan fingerprint density at radius 2 is 1.58 bits per heavy atom. The standard InChI is InChI=1S/C45H76N2O15/c1-25-22-31(20-21-48)40(62-44-42(59-30(6)49)38(47(10)11)39(28(4)58-44)61-37-24-45(7,53)43(52)29(5)57-37)41(54-12)33(50)23-35(51)55-26(2)16-14-13-15-17-34(25)60-36-19-18-32(46(8)9)27(3)56-36/h13-15,17,21,25-29,31-34,36-44,50,52-53H,16,18-20,22-24H2,1-12H3/b14-13+,17-15+/t25-,26-,27-,28-,29+,31+,32+,33-,34+,36?,37+,38+,39-,40+,41+,42-,43+,44+,45-/m1/s1. The molecule has 3 fully saturated rings. The molecule has 0 spiro atoms. The molecular formula is C45H76N2O15. The quantitative estimate of drug-likeness (QED) is 0.191. The van der Waals surface area contributed by atoms with Gasteiger partial charge in [-0.25, -0.2) is 0 Å². The van der Waals surface area contributed by atoms with E-state index in [1.54, 1.807) is 34.9 Å². The van der Waals surface area contributed by atoms with Crippen LogP contribution in [0, 0.1) is 11.8 Å². The third-order valence-corrected chi connectivity index (χ3v) is 12.7. The van der Waals surface area contributed by atoms with E-state index in [1.807, 2.05) is 57.1 Å². The molecular weight excluding hydrogens is 808 g/mol. The summed E-state index contributed by atoms with van der Waals surface area (Å²) in [6, 6.07) is -0.475. The van der Waals surface area contributed by atoms with Crippen molar-refractivity contribution in [2.75, 3.05) is 35.3 Å². The fraction of sp³-hybridized carbons (Fsp3) is 0.844. The second kappa shape index (κ2) is 23.7. The van der Waals surface area contributed by atoms with Gasteiger partial charge in [0.1, 0.15) is 30.7 Å². The second-order valence-electron chi connectivity index (χ2n) is 18.4. The lowest BCUT2D eigenvalue weighted by molar-refractivity contribution is -0.344. The molecule has 62 heavy (non-hydrogen) atoms. The number of nitrogens with zero attached hydrogens (tertiary/aromatic N) is 2. The van der Waals surface area contributed by atoms with Crippen LogP contribution in [0.5, 0.6) is 0 Å². The third-order valence-electron chi connectivity index (χ3n) is 12.7. The summed E-state index contributed by atoms with van der Waals surface area (Å²) in [7, 11) is 9.03. The Bertz CT molecular complexity index is 1480. The van der Waals surface area contributed by atoms with Crippen molar-refractivity contribution in [1.29, 1.82) is 0 Å². The van der Waals surface area contributed by atoms with Crippen molar-refractivity contribution in [2.45, 2.75) is 197 Å². The first kappa shape index (κ1) is 52.2. The fourth-order valence-corrected chi connectivity index (χ4v) is 9.39. The molecule has 19 atom stereocenters. The Hall–Kier alpha value is -2.39. The number of aldehydes is 1. The zero-order valence-corrected chi connectivity index (χ0v) is 38.9. The maximum atomic E-state index is 13.2. The highest BCUT2D eigenvalue weighted by molar-refractivity contribution is 5.70. The number of ether oxygens (including phenoxy) is 9. The van der Waals surface area contributed by atoms with E-state index in [0.717, 1.165) is 12.7 Å². The molecule has 0 radical (unpaired) electrons. The number of aliphatic hydroxyl groups excluding tert-OH is 2. The number of esters is 2. The van der Waals surface area contributed by atoms with Gasteiger partial charge in [0.2, 0.25) is 0 Å². The lowest BCUT2D eigenvalue weighted by Gasteiger charge is -2.50. The molecule has 3 N–H and O–H groups in total. The van der Waals surface area contributed by atoms with Gasteiger partial charge < -0.3 is 72.5 Å². The van der Waals surface area contributed by atoms with Gasteiger partial charge in [0.25, 0.3) is 0 Å². The summed E-state index contributed by atoms with van der Waals surface area (Å²) in [5.41, 5.74) is -1.50. The molecule has 1 unspecified atom stereocenters. The van der Waals surface area contributed by atoms with Crippen LogP contribution in [0.2, 0.25) is 0 Å². The number of carbonyl (C=O) groups excluding carboxylic acids is 3. The second-order valence-corrected chi connectivity index (χ2v) is 18.4.